The van der Waals surface area contributed by atoms with Gasteiger partial charge in [-0.15, -0.1) is 0 Å². The van der Waals surface area contributed by atoms with Crippen molar-refractivity contribution in [2.24, 2.45) is 5.92 Å². The molecule has 3 heterocycles. The van der Waals surface area contributed by atoms with E-state index in [1.165, 1.54) is 0 Å². The van der Waals surface area contributed by atoms with Crippen molar-refractivity contribution < 1.29 is 9.53 Å². The number of fused-ring (bicyclic) bond motifs is 1. The number of hydrogen-bond donors (Lipinski definition) is 0. The predicted molar refractivity (Wildman–Crippen MR) is 118 cm³/mol. The van der Waals surface area contributed by atoms with Crippen molar-refractivity contribution in [1.29, 1.82) is 0 Å². The molecular weight excluding hydrogens is 376 g/mol. The fourth-order valence-corrected chi connectivity index (χ4v) is 4.29. The lowest BCUT2D eigenvalue weighted by Crippen LogP contribution is -2.29. The van der Waals surface area contributed by atoms with Gasteiger partial charge in [0.05, 0.1) is 24.3 Å². The molecule has 0 aliphatic carbocycles. The Hall–Kier alpha value is -2.89. The van der Waals surface area contributed by atoms with Gasteiger partial charge >= 0.3 is 0 Å². The van der Waals surface area contributed by atoms with Crippen molar-refractivity contribution >= 4 is 16.9 Å². The Morgan fingerprint density at radius 2 is 2.17 bits per heavy atom. The third kappa shape index (κ3) is 4.32. The van der Waals surface area contributed by atoms with Crippen LogP contribution in [-0.4, -0.2) is 45.5 Å². The average Bonchev–Trinajstić information content (AvgIpc) is 3.37. The number of carbonyl (C=O) groups excluding carboxylic acids is 1. The largest absolute Gasteiger partial charge is 0.497 e. The summed E-state index contributed by atoms with van der Waals surface area (Å²) >= 11 is 0. The van der Waals surface area contributed by atoms with Crippen molar-refractivity contribution in [2.75, 3.05) is 20.2 Å². The van der Waals surface area contributed by atoms with Crippen molar-refractivity contribution in [1.82, 2.24) is 19.4 Å². The SMILES string of the molecule is COc1cccc(CCC(=O)N2CCC(c3nc4ccncc4n3CC(C)C)C2)c1. The van der Waals surface area contributed by atoms with Gasteiger partial charge in [0.1, 0.15) is 11.6 Å². The predicted octanol–water partition coefficient (Wildman–Crippen LogP) is 4.04. The second-order valence-corrected chi connectivity index (χ2v) is 8.52. The van der Waals surface area contributed by atoms with Gasteiger partial charge in [0, 0.05) is 38.2 Å². The first-order chi connectivity index (χ1) is 14.5. The standard InChI is InChI=1S/C24H30N4O2/c1-17(2)15-28-22-14-25-11-9-21(22)26-24(28)19-10-12-27(16-19)23(29)8-7-18-5-4-6-20(13-18)30-3/h4-6,9,11,13-14,17,19H,7-8,10,12,15-16H2,1-3H3. The molecule has 0 bridgehead atoms. The Morgan fingerprint density at radius 3 is 2.97 bits per heavy atom. The molecule has 158 valence electrons. The number of aromatic nitrogens is 3. The number of aryl methyl sites for hydroxylation is 1. The summed E-state index contributed by atoms with van der Waals surface area (Å²) in [5.41, 5.74) is 3.21. The smallest absolute Gasteiger partial charge is 0.222 e. The number of ether oxygens (including phenoxy) is 1. The summed E-state index contributed by atoms with van der Waals surface area (Å²) in [6, 6.07) is 9.92. The number of carbonyl (C=O) groups is 1. The van der Waals surface area contributed by atoms with Crippen LogP contribution in [0.3, 0.4) is 0 Å². The highest BCUT2D eigenvalue weighted by atomic mass is 16.5. The van der Waals surface area contributed by atoms with Crippen LogP contribution in [0.15, 0.2) is 42.7 Å². The van der Waals surface area contributed by atoms with Gasteiger partial charge in [0.25, 0.3) is 0 Å². The molecule has 1 aromatic carbocycles. The van der Waals surface area contributed by atoms with Crippen LogP contribution in [0.25, 0.3) is 11.0 Å². The van der Waals surface area contributed by atoms with Gasteiger partial charge in [0.2, 0.25) is 5.91 Å². The molecule has 1 atom stereocenters. The molecule has 6 heteroatoms. The van der Waals surface area contributed by atoms with Crippen LogP contribution in [0.4, 0.5) is 0 Å². The summed E-state index contributed by atoms with van der Waals surface area (Å²) in [7, 11) is 1.66. The minimum Gasteiger partial charge on any atom is -0.497 e. The molecular formula is C24H30N4O2. The van der Waals surface area contributed by atoms with Gasteiger partial charge in [-0.3, -0.25) is 9.78 Å². The van der Waals surface area contributed by atoms with Gasteiger partial charge in [-0.25, -0.2) is 4.98 Å². The van der Waals surface area contributed by atoms with E-state index in [-0.39, 0.29) is 11.8 Å². The molecule has 0 N–H and O–H groups in total. The van der Waals surface area contributed by atoms with E-state index in [1.807, 2.05) is 41.4 Å². The zero-order chi connectivity index (χ0) is 21.1. The molecule has 4 rings (SSSR count). The van der Waals surface area contributed by atoms with E-state index in [0.717, 1.165) is 60.6 Å². The van der Waals surface area contributed by atoms with Crippen molar-refractivity contribution in [3.8, 4) is 5.75 Å². The van der Waals surface area contributed by atoms with E-state index in [1.54, 1.807) is 13.3 Å². The van der Waals surface area contributed by atoms with Gasteiger partial charge in [-0.2, -0.15) is 0 Å². The molecule has 30 heavy (non-hydrogen) atoms. The van der Waals surface area contributed by atoms with Crippen LogP contribution in [0.2, 0.25) is 0 Å². The first-order valence-corrected chi connectivity index (χ1v) is 10.8. The first kappa shape index (κ1) is 20.4. The van der Waals surface area contributed by atoms with E-state index in [0.29, 0.717) is 12.3 Å². The molecule has 2 aromatic heterocycles. The lowest BCUT2D eigenvalue weighted by molar-refractivity contribution is -0.130. The highest BCUT2D eigenvalue weighted by Crippen LogP contribution is 2.30. The third-order valence-electron chi connectivity index (χ3n) is 5.80. The van der Waals surface area contributed by atoms with Gasteiger partial charge < -0.3 is 14.2 Å². The molecule has 1 aliphatic rings. The maximum atomic E-state index is 12.8. The summed E-state index contributed by atoms with van der Waals surface area (Å²) in [6.07, 6.45) is 5.91. The van der Waals surface area contributed by atoms with E-state index in [9.17, 15) is 4.79 Å². The second-order valence-electron chi connectivity index (χ2n) is 8.52. The second kappa shape index (κ2) is 8.86. The molecule has 6 nitrogen and oxygen atoms in total. The summed E-state index contributed by atoms with van der Waals surface area (Å²) in [6.45, 7) is 6.89. The number of amides is 1. The number of likely N-dealkylation sites (tertiary alicyclic amines) is 1. The summed E-state index contributed by atoms with van der Waals surface area (Å²) in [5.74, 6) is 2.93. The molecule has 0 spiro atoms. The first-order valence-electron chi connectivity index (χ1n) is 10.8. The number of nitrogens with zero attached hydrogens (tertiary/aromatic N) is 4. The number of rotatable bonds is 7. The van der Waals surface area contributed by atoms with E-state index in [2.05, 4.69) is 23.4 Å². The van der Waals surface area contributed by atoms with Crippen LogP contribution in [-0.2, 0) is 17.8 Å². The monoisotopic (exact) mass is 406 g/mol. The van der Waals surface area contributed by atoms with Crippen LogP contribution >= 0.6 is 0 Å². The van der Waals surface area contributed by atoms with Crippen molar-refractivity contribution in [2.45, 2.75) is 45.6 Å². The summed E-state index contributed by atoms with van der Waals surface area (Å²) < 4.78 is 7.59. The summed E-state index contributed by atoms with van der Waals surface area (Å²) in [5, 5.41) is 0. The van der Waals surface area contributed by atoms with Gasteiger partial charge in [-0.1, -0.05) is 26.0 Å². The molecule has 1 saturated heterocycles. The highest BCUT2D eigenvalue weighted by molar-refractivity contribution is 5.77. The third-order valence-corrected chi connectivity index (χ3v) is 5.80. The summed E-state index contributed by atoms with van der Waals surface area (Å²) in [4.78, 5) is 24.1. The van der Waals surface area contributed by atoms with Gasteiger partial charge in [0.15, 0.2) is 0 Å². The molecule has 1 fully saturated rings. The number of pyridine rings is 1. The zero-order valence-corrected chi connectivity index (χ0v) is 18.0. The minimum atomic E-state index is 0.216. The van der Waals surface area contributed by atoms with E-state index in [4.69, 9.17) is 9.72 Å². The molecule has 0 saturated carbocycles. The van der Waals surface area contributed by atoms with E-state index < -0.39 is 0 Å². The minimum absolute atomic E-state index is 0.216. The van der Waals surface area contributed by atoms with E-state index >= 15 is 0 Å². The normalized spacial score (nSPS) is 16.5. The maximum absolute atomic E-state index is 12.8. The van der Waals surface area contributed by atoms with Gasteiger partial charge in [-0.05, 0) is 42.5 Å². The molecule has 0 radical (unpaired) electrons. The molecule has 1 aliphatic heterocycles. The number of imidazole rings is 1. The fraction of sp³-hybridized carbons (Fsp3) is 0.458. The number of hydrogen-bond acceptors (Lipinski definition) is 4. The Kier molecular flexibility index (Phi) is 6.02. The fourth-order valence-electron chi connectivity index (χ4n) is 4.29. The number of benzene rings is 1. The van der Waals surface area contributed by atoms with Crippen molar-refractivity contribution in [3.63, 3.8) is 0 Å². The topological polar surface area (TPSA) is 60.2 Å². The quantitative estimate of drug-likeness (QED) is 0.594. The van der Waals surface area contributed by atoms with Crippen LogP contribution in [0.1, 0.15) is 44.0 Å². The molecule has 1 amide bonds. The molecule has 1 unspecified atom stereocenters. The molecule has 3 aromatic rings. The number of methoxy groups -OCH3 is 1. The Balaban J connectivity index is 1.44. The highest BCUT2D eigenvalue weighted by Gasteiger charge is 2.31. The lowest BCUT2D eigenvalue weighted by atomic mass is 10.1. The Labute approximate surface area is 177 Å². The van der Waals surface area contributed by atoms with Crippen molar-refractivity contribution in [3.05, 3.63) is 54.1 Å². The zero-order valence-electron chi connectivity index (χ0n) is 18.0. The van der Waals surface area contributed by atoms with Crippen LogP contribution < -0.4 is 4.74 Å². The van der Waals surface area contributed by atoms with Crippen LogP contribution in [0, 0.1) is 5.92 Å². The average molecular weight is 407 g/mol. The maximum Gasteiger partial charge on any atom is 0.222 e. The lowest BCUT2D eigenvalue weighted by Gasteiger charge is -2.18. The Bertz CT molecular complexity index is 1030. The van der Waals surface area contributed by atoms with Crippen LogP contribution in [0.5, 0.6) is 5.75 Å². The Morgan fingerprint density at radius 1 is 1.30 bits per heavy atom.